The Morgan fingerprint density at radius 2 is 1.51 bits per heavy atom. The molecule has 3 aromatic rings. The van der Waals surface area contributed by atoms with Gasteiger partial charge in [0.1, 0.15) is 6.29 Å². The number of carbonyl (C=O) groups is 3. The number of aldehydes is 1. The molecule has 1 aromatic heterocycles. The number of hydrogen-bond acceptors (Lipinski definition) is 4. The first-order valence-electron chi connectivity index (χ1n) is 12.9. The van der Waals surface area contributed by atoms with E-state index >= 15 is 0 Å². The molecule has 0 aliphatic carbocycles. The minimum atomic E-state index is -0.822. The molecule has 212 valence electrons. The smallest absolute Gasteiger partial charge is 0.317 e. The zero-order valence-corrected chi connectivity index (χ0v) is 24.6. The van der Waals surface area contributed by atoms with Crippen molar-refractivity contribution in [3.63, 3.8) is 0 Å². The van der Waals surface area contributed by atoms with Crippen LogP contribution in [0.2, 0.25) is 0 Å². The Labute approximate surface area is 235 Å². The van der Waals surface area contributed by atoms with Crippen molar-refractivity contribution in [2.24, 2.45) is 0 Å². The van der Waals surface area contributed by atoms with Crippen LogP contribution in [-0.4, -0.2) is 41.3 Å². The molecule has 0 spiro atoms. The van der Waals surface area contributed by atoms with Gasteiger partial charge in [-0.1, -0.05) is 100 Å². The predicted molar refractivity (Wildman–Crippen MR) is 165 cm³/mol. The van der Waals surface area contributed by atoms with Crippen LogP contribution in [0.15, 0.2) is 79.0 Å². The van der Waals surface area contributed by atoms with Gasteiger partial charge in [0, 0.05) is 25.2 Å². The lowest BCUT2D eigenvalue weighted by atomic mass is 10.1. The van der Waals surface area contributed by atoms with E-state index in [1.54, 1.807) is 20.0 Å². The number of terminal acetylenes is 1. The van der Waals surface area contributed by atoms with Gasteiger partial charge in [0.2, 0.25) is 0 Å². The molecular weight excluding hydrogens is 488 g/mol. The number of likely N-dealkylation sites (N-methyl/N-ethyl adjacent to an activating group) is 1. The molecule has 0 radical (unpaired) electrons. The number of nitrogens with zero attached hydrogens (tertiary/aromatic N) is 1. The molecule has 6 heteroatoms. The van der Waals surface area contributed by atoms with Gasteiger partial charge in [-0.25, -0.2) is 0 Å². The monoisotopic (exact) mass is 534 g/mol. The summed E-state index contributed by atoms with van der Waals surface area (Å²) in [4.78, 5) is 31.6. The molecule has 0 aliphatic rings. The molecule has 0 fully saturated rings. The summed E-state index contributed by atoms with van der Waals surface area (Å²) in [6.45, 7) is 12.6. The van der Waals surface area contributed by atoms with Crippen LogP contribution in [0.5, 0.6) is 0 Å². The van der Waals surface area contributed by atoms with Gasteiger partial charge in [-0.15, -0.1) is 12.8 Å². The molecule has 0 saturated heterocycles. The SMILES string of the molecule is C#C.CC.CC(=O)c1cccn1C/C=C/c1cccc(C=O)c1.CCC.CNCC(=O)O.Cc1ccccc1. The van der Waals surface area contributed by atoms with E-state index in [0.717, 1.165) is 11.8 Å². The summed E-state index contributed by atoms with van der Waals surface area (Å²) in [5.74, 6) is -0.765. The molecule has 1 heterocycles. The second-order valence-corrected chi connectivity index (χ2v) is 7.58. The maximum absolute atomic E-state index is 11.4. The maximum atomic E-state index is 11.4. The third-order valence-electron chi connectivity index (χ3n) is 4.12. The van der Waals surface area contributed by atoms with Gasteiger partial charge in [0.05, 0.1) is 12.2 Å². The first-order chi connectivity index (χ1) is 18.8. The van der Waals surface area contributed by atoms with Crippen molar-refractivity contribution >= 4 is 24.1 Å². The summed E-state index contributed by atoms with van der Waals surface area (Å²) < 4.78 is 1.89. The molecule has 0 aliphatic heterocycles. The first kappa shape index (κ1) is 39.3. The molecule has 2 aromatic carbocycles. The third kappa shape index (κ3) is 22.7. The number of nitrogens with one attached hydrogen (secondary N) is 1. The number of benzene rings is 2. The van der Waals surface area contributed by atoms with Crippen molar-refractivity contribution in [2.45, 2.75) is 54.5 Å². The number of rotatable bonds is 7. The molecule has 0 bridgehead atoms. The molecule has 0 saturated carbocycles. The molecule has 39 heavy (non-hydrogen) atoms. The summed E-state index contributed by atoms with van der Waals surface area (Å²) in [6, 6.07) is 21.3. The molecule has 3 rings (SSSR count). The van der Waals surface area contributed by atoms with E-state index in [1.807, 2.05) is 85.3 Å². The van der Waals surface area contributed by atoms with Crippen LogP contribution in [0.25, 0.3) is 6.08 Å². The van der Waals surface area contributed by atoms with Crippen LogP contribution in [0, 0.1) is 19.8 Å². The van der Waals surface area contributed by atoms with Crippen LogP contribution in [0.4, 0.5) is 0 Å². The number of carbonyl (C=O) groups excluding carboxylic acids is 2. The highest BCUT2D eigenvalue weighted by atomic mass is 16.4. The van der Waals surface area contributed by atoms with Crippen LogP contribution >= 0.6 is 0 Å². The van der Waals surface area contributed by atoms with Crippen LogP contribution in [-0.2, 0) is 11.3 Å². The molecule has 0 atom stereocenters. The zero-order chi connectivity index (χ0) is 30.5. The summed E-state index contributed by atoms with van der Waals surface area (Å²) in [5.41, 5.74) is 3.66. The minimum Gasteiger partial charge on any atom is -0.480 e. The Morgan fingerprint density at radius 1 is 0.949 bits per heavy atom. The number of aryl methyl sites for hydroxylation is 1. The number of carboxylic acids is 1. The lowest BCUT2D eigenvalue weighted by Gasteiger charge is -2.02. The minimum absolute atomic E-state index is 0.0417. The highest BCUT2D eigenvalue weighted by Gasteiger charge is 2.03. The number of aliphatic carboxylic acids is 1. The van der Waals surface area contributed by atoms with Gasteiger partial charge < -0.3 is 15.0 Å². The van der Waals surface area contributed by atoms with E-state index in [1.165, 1.54) is 12.0 Å². The Kier molecular flexibility index (Phi) is 28.6. The Morgan fingerprint density at radius 3 is 1.92 bits per heavy atom. The van der Waals surface area contributed by atoms with E-state index < -0.39 is 5.97 Å². The molecule has 6 nitrogen and oxygen atoms in total. The number of allylic oxidation sites excluding steroid dienone is 1. The van der Waals surface area contributed by atoms with Crippen molar-refractivity contribution in [1.29, 1.82) is 0 Å². The summed E-state index contributed by atoms with van der Waals surface area (Å²) in [7, 11) is 1.59. The quantitative estimate of drug-likeness (QED) is 0.190. The van der Waals surface area contributed by atoms with E-state index in [-0.39, 0.29) is 12.3 Å². The predicted octanol–water partition coefficient (Wildman–Crippen LogP) is 7.19. The van der Waals surface area contributed by atoms with Crippen LogP contribution < -0.4 is 5.32 Å². The maximum Gasteiger partial charge on any atom is 0.317 e. The number of carboxylic acid groups (broad SMARTS) is 1. The Hall–Kier alpha value is -4.21. The highest BCUT2D eigenvalue weighted by molar-refractivity contribution is 5.92. The van der Waals surface area contributed by atoms with Crippen molar-refractivity contribution in [2.75, 3.05) is 13.6 Å². The van der Waals surface area contributed by atoms with Gasteiger partial charge in [0.25, 0.3) is 0 Å². The van der Waals surface area contributed by atoms with Crippen LogP contribution in [0.3, 0.4) is 0 Å². The molecule has 0 amide bonds. The molecule has 2 N–H and O–H groups in total. The highest BCUT2D eigenvalue weighted by Crippen LogP contribution is 2.07. The number of hydrogen-bond donors (Lipinski definition) is 2. The average molecular weight is 535 g/mol. The lowest BCUT2D eigenvalue weighted by molar-refractivity contribution is -0.135. The fourth-order valence-electron chi connectivity index (χ4n) is 2.62. The van der Waals surface area contributed by atoms with Crippen LogP contribution in [0.1, 0.15) is 73.0 Å². The van der Waals surface area contributed by atoms with Crippen molar-refractivity contribution in [3.05, 3.63) is 101 Å². The summed E-state index contributed by atoms with van der Waals surface area (Å²) in [5, 5.41) is 10.3. The normalized spacial score (nSPS) is 8.74. The first-order valence-corrected chi connectivity index (χ1v) is 12.9. The Bertz CT molecular complexity index is 1070. The number of ketones is 1. The number of Topliss-reactive ketones (excluding diaryl/α,β-unsaturated/α-hetero) is 1. The lowest BCUT2D eigenvalue weighted by Crippen LogP contribution is -2.16. The second-order valence-electron chi connectivity index (χ2n) is 7.58. The van der Waals surface area contributed by atoms with E-state index in [0.29, 0.717) is 17.8 Å². The largest absolute Gasteiger partial charge is 0.480 e. The number of aromatic nitrogens is 1. The van der Waals surface area contributed by atoms with E-state index in [9.17, 15) is 14.4 Å². The van der Waals surface area contributed by atoms with Gasteiger partial charge in [-0.3, -0.25) is 14.4 Å². The van der Waals surface area contributed by atoms with E-state index in [2.05, 4.69) is 51.1 Å². The summed E-state index contributed by atoms with van der Waals surface area (Å²) >= 11 is 0. The second kappa shape index (κ2) is 28.4. The molecular formula is C33H46N2O4. The Balaban J connectivity index is -0.000000533. The molecule has 0 unspecified atom stereocenters. The standard InChI is InChI=1S/C16H15NO2.C7H8.C3H7NO2.C3H8.C2H6.C2H2/c1-13(19)16-8-4-10-17(16)9-3-7-14-5-2-6-15(11-14)12-18;1-7-5-3-2-4-6-7;1-4-2-3(5)6;1-3-2;2*1-2/h2-8,10-12H,9H2,1H3;2-6H,1H3;4H,2H2,1H3,(H,5,6);3H2,1-2H3;1-2H3;1-2H/b7-3+;;;;;. The van der Waals surface area contributed by atoms with Gasteiger partial charge in [-0.2, -0.15) is 0 Å². The van der Waals surface area contributed by atoms with Gasteiger partial charge >= 0.3 is 5.97 Å². The van der Waals surface area contributed by atoms with Gasteiger partial charge in [0.15, 0.2) is 5.78 Å². The topological polar surface area (TPSA) is 88.4 Å². The average Bonchev–Trinajstić information content (AvgIpc) is 3.42. The van der Waals surface area contributed by atoms with Crippen molar-refractivity contribution < 1.29 is 19.5 Å². The van der Waals surface area contributed by atoms with E-state index in [4.69, 9.17) is 5.11 Å². The zero-order valence-electron chi connectivity index (χ0n) is 24.6. The van der Waals surface area contributed by atoms with Crippen molar-refractivity contribution in [3.8, 4) is 12.8 Å². The third-order valence-corrected chi connectivity index (χ3v) is 4.12. The van der Waals surface area contributed by atoms with Gasteiger partial charge in [-0.05, 0) is 37.7 Å². The fraction of sp³-hybridized carbons (Fsp3) is 0.303. The van der Waals surface area contributed by atoms with Crippen molar-refractivity contribution in [1.82, 2.24) is 9.88 Å². The summed E-state index contributed by atoms with van der Waals surface area (Å²) in [6.07, 6.45) is 15.9. The fourth-order valence-corrected chi connectivity index (χ4v) is 2.62.